The van der Waals surface area contributed by atoms with Gasteiger partial charge in [-0.1, -0.05) is 12.0 Å². The fourth-order valence-corrected chi connectivity index (χ4v) is 5.01. The number of hydrogen-bond acceptors (Lipinski definition) is 6. The number of nitrogens with zero attached hydrogens (tertiary/aromatic N) is 1. The van der Waals surface area contributed by atoms with Gasteiger partial charge in [-0.25, -0.2) is 12.8 Å². The zero-order chi connectivity index (χ0) is 27.5. The maximum absolute atomic E-state index is 14.4. The van der Waals surface area contributed by atoms with Crippen LogP contribution in [-0.4, -0.2) is 64.4 Å². The van der Waals surface area contributed by atoms with E-state index in [4.69, 9.17) is 4.74 Å². The standard InChI is InChI=1S/C26H28F4N4O3S/c1-37-25-14-18(38(2,35)36)8-9-23(25)32-11-4-5-17-13-19-21(33-22-10-12-31-15-20(22)27)6-3-7-24(19)34(17)16-26(28,29)30/h3,6-9,13-14,20,22,31-33H,10-12,15-16H2,1-2H3/t20-,22+/m1/s1. The Balaban J connectivity index is 1.61. The highest BCUT2D eigenvalue weighted by molar-refractivity contribution is 7.90. The zero-order valence-corrected chi connectivity index (χ0v) is 21.6. The third-order valence-corrected chi connectivity index (χ3v) is 7.33. The van der Waals surface area contributed by atoms with Crippen LogP contribution in [-0.2, 0) is 16.4 Å². The first-order chi connectivity index (χ1) is 18.0. The molecule has 1 aliphatic rings. The Hall–Kier alpha value is -3.43. The lowest BCUT2D eigenvalue weighted by molar-refractivity contribution is -0.140. The van der Waals surface area contributed by atoms with Crippen molar-refractivity contribution in [1.82, 2.24) is 9.88 Å². The lowest BCUT2D eigenvalue weighted by Gasteiger charge is -2.28. The molecule has 0 saturated carbocycles. The normalized spacial score (nSPS) is 18.1. The maximum Gasteiger partial charge on any atom is 0.406 e. The Kier molecular flexibility index (Phi) is 8.08. The Labute approximate surface area is 218 Å². The van der Waals surface area contributed by atoms with E-state index in [2.05, 4.69) is 27.8 Å². The van der Waals surface area contributed by atoms with Crippen molar-refractivity contribution in [3.8, 4) is 17.6 Å². The summed E-state index contributed by atoms with van der Waals surface area (Å²) in [5.74, 6) is 5.93. The van der Waals surface area contributed by atoms with E-state index < -0.39 is 34.8 Å². The number of methoxy groups -OCH3 is 1. The van der Waals surface area contributed by atoms with Crippen LogP contribution >= 0.6 is 0 Å². The number of fused-ring (bicyclic) bond motifs is 1. The van der Waals surface area contributed by atoms with Crippen molar-refractivity contribution in [2.24, 2.45) is 0 Å². The van der Waals surface area contributed by atoms with Gasteiger partial charge in [0.05, 0.1) is 41.5 Å². The molecule has 1 fully saturated rings. The SMILES string of the molecule is COc1cc(S(C)(=O)=O)ccc1NCC#Cc1cc2c(N[C@H]3CCNC[C@H]3F)cccc2n1CC(F)(F)F. The minimum absolute atomic E-state index is 0.0613. The van der Waals surface area contributed by atoms with Crippen molar-refractivity contribution in [3.63, 3.8) is 0 Å². The third kappa shape index (κ3) is 6.52. The van der Waals surface area contributed by atoms with Gasteiger partial charge in [0, 0.05) is 29.9 Å². The van der Waals surface area contributed by atoms with E-state index in [1.54, 1.807) is 24.3 Å². The summed E-state index contributed by atoms with van der Waals surface area (Å²) >= 11 is 0. The number of sulfone groups is 1. The highest BCUT2D eigenvalue weighted by atomic mass is 32.2. The lowest BCUT2D eigenvalue weighted by Crippen LogP contribution is -2.45. The third-order valence-electron chi connectivity index (χ3n) is 6.22. The number of hydrogen-bond donors (Lipinski definition) is 3. The van der Waals surface area contributed by atoms with Crippen molar-refractivity contribution in [2.75, 3.05) is 43.6 Å². The second-order valence-electron chi connectivity index (χ2n) is 9.02. The average Bonchev–Trinajstić information content (AvgIpc) is 3.19. The van der Waals surface area contributed by atoms with Crippen LogP contribution in [0.15, 0.2) is 47.4 Å². The molecular formula is C26H28F4N4O3S. The summed E-state index contributed by atoms with van der Waals surface area (Å²) in [5, 5.41) is 9.67. The van der Waals surface area contributed by atoms with Gasteiger partial charge in [-0.05, 0) is 49.2 Å². The van der Waals surface area contributed by atoms with E-state index in [0.29, 0.717) is 41.0 Å². The molecule has 0 amide bonds. The predicted octanol–water partition coefficient (Wildman–Crippen LogP) is 4.19. The van der Waals surface area contributed by atoms with Gasteiger partial charge in [0.15, 0.2) is 9.84 Å². The number of halogens is 4. The van der Waals surface area contributed by atoms with Crippen molar-refractivity contribution in [3.05, 3.63) is 48.2 Å². The van der Waals surface area contributed by atoms with Gasteiger partial charge in [-0.15, -0.1) is 0 Å². The number of benzene rings is 2. The lowest BCUT2D eigenvalue weighted by atomic mass is 10.0. The fraction of sp³-hybridized carbons (Fsp3) is 0.385. The van der Waals surface area contributed by atoms with Crippen LogP contribution in [0.25, 0.3) is 10.9 Å². The number of aromatic nitrogens is 1. The first-order valence-corrected chi connectivity index (χ1v) is 13.8. The largest absolute Gasteiger partial charge is 0.495 e. The minimum atomic E-state index is -4.47. The molecule has 0 aliphatic carbocycles. The van der Waals surface area contributed by atoms with Gasteiger partial charge in [-0.3, -0.25) is 0 Å². The van der Waals surface area contributed by atoms with E-state index in [0.717, 1.165) is 10.8 Å². The Morgan fingerprint density at radius 3 is 2.66 bits per heavy atom. The highest BCUT2D eigenvalue weighted by Gasteiger charge is 2.30. The molecule has 3 aromatic rings. The number of piperidine rings is 1. The van der Waals surface area contributed by atoms with E-state index in [1.165, 1.54) is 25.3 Å². The molecule has 2 atom stereocenters. The predicted molar refractivity (Wildman–Crippen MR) is 139 cm³/mol. The Bertz CT molecular complexity index is 1480. The number of anilines is 2. The van der Waals surface area contributed by atoms with E-state index in [9.17, 15) is 26.0 Å². The zero-order valence-electron chi connectivity index (χ0n) is 20.8. The number of rotatable bonds is 7. The Morgan fingerprint density at radius 1 is 1.18 bits per heavy atom. The van der Waals surface area contributed by atoms with Gasteiger partial charge in [0.25, 0.3) is 0 Å². The second-order valence-corrected chi connectivity index (χ2v) is 11.0. The van der Waals surface area contributed by atoms with Gasteiger partial charge in [0.1, 0.15) is 18.5 Å². The summed E-state index contributed by atoms with van der Waals surface area (Å²) in [5.41, 5.74) is 1.54. The monoisotopic (exact) mass is 552 g/mol. The van der Waals surface area contributed by atoms with Crippen molar-refractivity contribution in [1.29, 1.82) is 0 Å². The van der Waals surface area contributed by atoms with Crippen LogP contribution in [0, 0.1) is 11.8 Å². The minimum Gasteiger partial charge on any atom is -0.495 e. The fourth-order valence-electron chi connectivity index (χ4n) is 4.37. The average molecular weight is 553 g/mol. The van der Waals surface area contributed by atoms with E-state index in [-0.39, 0.29) is 23.7 Å². The van der Waals surface area contributed by atoms with Crippen LogP contribution in [0.1, 0.15) is 12.1 Å². The van der Waals surface area contributed by atoms with Crippen molar-refractivity contribution in [2.45, 2.75) is 36.3 Å². The molecular weight excluding hydrogens is 524 g/mol. The summed E-state index contributed by atoms with van der Waals surface area (Å²) in [4.78, 5) is 0.0932. The molecule has 4 rings (SSSR count). The molecule has 0 spiro atoms. The first kappa shape index (κ1) is 27.6. The van der Waals surface area contributed by atoms with Crippen LogP contribution in [0.5, 0.6) is 5.75 Å². The quantitative estimate of drug-likeness (QED) is 0.301. The number of alkyl halides is 4. The maximum atomic E-state index is 14.4. The summed E-state index contributed by atoms with van der Waals surface area (Å²) in [6, 6.07) is 10.4. The molecule has 2 heterocycles. The van der Waals surface area contributed by atoms with Crippen LogP contribution in [0.4, 0.5) is 28.9 Å². The molecule has 1 saturated heterocycles. The summed E-state index contributed by atoms with van der Waals surface area (Å²) < 4.78 is 84.6. The molecule has 38 heavy (non-hydrogen) atoms. The molecule has 12 heteroatoms. The van der Waals surface area contributed by atoms with Gasteiger partial charge >= 0.3 is 6.18 Å². The number of nitrogens with one attached hydrogen (secondary N) is 3. The van der Waals surface area contributed by atoms with E-state index >= 15 is 0 Å². The Morgan fingerprint density at radius 2 is 1.97 bits per heavy atom. The molecule has 1 aromatic heterocycles. The van der Waals surface area contributed by atoms with Crippen LogP contribution < -0.4 is 20.7 Å². The van der Waals surface area contributed by atoms with Gasteiger partial charge in [0.2, 0.25) is 0 Å². The topological polar surface area (TPSA) is 84.4 Å². The van der Waals surface area contributed by atoms with E-state index in [1.807, 2.05) is 0 Å². The number of ether oxygens (including phenoxy) is 1. The first-order valence-electron chi connectivity index (χ1n) is 11.9. The molecule has 2 aromatic carbocycles. The molecule has 3 N–H and O–H groups in total. The molecule has 0 radical (unpaired) electrons. The summed E-state index contributed by atoms with van der Waals surface area (Å²) in [6.45, 7) is -0.300. The van der Waals surface area contributed by atoms with Crippen LogP contribution in [0.2, 0.25) is 0 Å². The smallest absolute Gasteiger partial charge is 0.406 e. The van der Waals surface area contributed by atoms with Crippen LogP contribution in [0.3, 0.4) is 0 Å². The molecule has 0 unspecified atom stereocenters. The van der Waals surface area contributed by atoms with Crippen molar-refractivity contribution < 1.29 is 30.7 Å². The molecule has 7 nitrogen and oxygen atoms in total. The molecule has 204 valence electrons. The van der Waals surface area contributed by atoms with Gasteiger partial charge < -0.3 is 25.3 Å². The van der Waals surface area contributed by atoms with Crippen molar-refractivity contribution >= 4 is 32.1 Å². The van der Waals surface area contributed by atoms with Gasteiger partial charge in [-0.2, -0.15) is 13.2 Å². The summed E-state index contributed by atoms with van der Waals surface area (Å²) in [6.07, 6.45) is -3.96. The highest BCUT2D eigenvalue weighted by Crippen LogP contribution is 2.31. The molecule has 1 aliphatic heterocycles. The second kappa shape index (κ2) is 11.1. The summed E-state index contributed by atoms with van der Waals surface area (Å²) in [7, 11) is -2.02. The molecule has 0 bridgehead atoms.